The fraction of sp³-hybridized carbons (Fsp3) is 0.118. The zero-order valence-electron chi connectivity index (χ0n) is 11.8. The zero-order valence-corrected chi connectivity index (χ0v) is 12.6. The molecule has 0 fully saturated rings. The molecule has 0 unspecified atom stereocenters. The van der Waals surface area contributed by atoms with E-state index in [0.29, 0.717) is 22.1 Å². The quantitative estimate of drug-likeness (QED) is 0.633. The Morgan fingerprint density at radius 1 is 1.18 bits per heavy atom. The lowest BCUT2D eigenvalue weighted by atomic mass is 10.1. The molecule has 22 heavy (non-hydrogen) atoms. The van der Waals surface area contributed by atoms with E-state index in [4.69, 9.17) is 25.8 Å². The van der Waals surface area contributed by atoms with Gasteiger partial charge in [0.25, 0.3) is 0 Å². The SMILES string of the molecule is COCOc1ccc2c(c1)C(=O)/C(=C/c1ccc(Cl)cc1)O2. The van der Waals surface area contributed by atoms with Crippen molar-refractivity contribution in [3.8, 4) is 11.5 Å². The number of ether oxygens (including phenoxy) is 3. The number of rotatable bonds is 4. The number of methoxy groups -OCH3 is 1. The summed E-state index contributed by atoms with van der Waals surface area (Å²) < 4.78 is 15.8. The monoisotopic (exact) mass is 316 g/mol. The minimum Gasteiger partial charge on any atom is -0.468 e. The minimum atomic E-state index is -0.173. The Morgan fingerprint density at radius 3 is 2.68 bits per heavy atom. The Bertz CT molecular complexity index is 735. The van der Waals surface area contributed by atoms with Crippen LogP contribution in [0.5, 0.6) is 11.5 Å². The number of carbonyl (C=O) groups is 1. The van der Waals surface area contributed by atoms with Gasteiger partial charge in [0.2, 0.25) is 5.78 Å². The van der Waals surface area contributed by atoms with Crippen molar-refractivity contribution in [3.63, 3.8) is 0 Å². The third-order valence-electron chi connectivity index (χ3n) is 3.15. The molecule has 2 aromatic carbocycles. The number of allylic oxidation sites excluding steroid dienone is 1. The maximum atomic E-state index is 12.4. The van der Waals surface area contributed by atoms with E-state index >= 15 is 0 Å². The molecular formula is C17H13ClO4. The minimum absolute atomic E-state index is 0.126. The molecule has 3 rings (SSSR count). The second kappa shape index (κ2) is 6.22. The summed E-state index contributed by atoms with van der Waals surface area (Å²) in [5.41, 5.74) is 1.32. The van der Waals surface area contributed by atoms with Crippen molar-refractivity contribution < 1.29 is 19.0 Å². The smallest absolute Gasteiger partial charge is 0.232 e. The molecule has 1 aliphatic rings. The molecule has 1 heterocycles. The van der Waals surface area contributed by atoms with Crippen LogP contribution >= 0.6 is 11.6 Å². The van der Waals surface area contributed by atoms with Crippen LogP contribution in [0.3, 0.4) is 0 Å². The van der Waals surface area contributed by atoms with Gasteiger partial charge in [-0.05, 0) is 42.0 Å². The average molecular weight is 317 g/mol. The molecular weight excluding hydrogens is 304 g/mol. The summed E-state index contributed by atoms with van der Waals surface area (Å²) in [5, 5.41) is 0.643. The second-order valence-corrected chi connectivity index (χ2v) is 5.14. The summed E-state index contributed by atoms with van der Waals surface area (Å²) >= 11 is 5.85. The van der Waals surface area contributed by atoms with Gasteiger partial charge >= 0.3 is 0 Å². The average Bonchev–Trinajstić information content (AvgIpc) is 2.84. The van der Waals surface area contributed by atoms with Crippen LogP contribution in [0.4, 0.5) is 0 Å². The number of fused-ring (bicyclic) bond motifs is 1. The maximum absolute atomic E-state index is 12.4. The molecule has 5 heteroatoms. The lowest BCUT2D eigenvalue weighted by molar-refractivity contribution is 0.0510. The van der Waals surface area contributed by atoms with Gasteiger partial charge in [-0.3, -0.25) is 4.79 Å². The number of hydrogen-bond donors (Lipinski definition) is 0. The molecule has 0 N–H and O–H groups in total. The van der Waals surface area contributed by atoms with E-state index in [9.17, 15) is 4.79 Å². The van der Waals surface area contributed by atoms with Gasteiger partial charge in [-0.15, -0.1) is 0 Å². The third kappa shape index (κ3) is 2.98. The lowest BCUT2D eigenvalue weighted by Gasteiger charge is -2.04. The van der Waals surface area contributed by atoms with Crippen LogP contribution < -0.4 is 9.47 Å². The number of carbonyl (C=O) groups excluding carboxylic acids is 1. The number of benzene rings is 2. The summed E-state index contributed by atoms with van der Waals surface area (Å²) in [6.07, 6.45) is 1.69. The summed E-state index contributed by atoms with van der Waals surface area (Å²) in [4.78, 5) is 12.4. The van der Waals surface area contributed by atoms with Gasteiger partial charge < -0.3 is 14.2 Å². The molecule has 0 aromatic heterocycles. The number of Topliss-reactive ketones (excluding diaryl/α,β-unsaturated/α-hetero) is 1. The van der Waals surface area contributed by atoms with E-state index in [0.717, 1.165) is 5.56 Å². The van der Waals surface area contributed by atoms with E-state index in [1.807, 2.05) is 12.1 Å². The maximum Gasteiger partial charge on any atom is 0.232 e. The van der Waals surface area contributed by atoms with Crippen LogP contribution in [-0.4, -0.2) is 19.7 Å². The van der Waals surface area contributed by atoms with E-state index < -0.39 is 0 Å². The van der Waals surface area contributed by atoms with Crippen LogP contribution in [0, 0.1) is 0 Å². The Kier molecular flexibility index (Phi) is 4.13. The molecule has 4 nitrogen and oxygen atoms in total. The Morgan fingerprint density at radius 2 is 1.95 bits per heavy atom. The normalized spacial score (nSPS) is 14.8. The molecule has 0 aliphatic carbocycles. The number of halogens is 1. The van der Waals surface area contributed by atoms with Crippen molar-refractivity contribution in [1.82, 2.24) is 0 Å². The fourth-order valence-electron chi connectivity index (χ4n) is 2.10. The van der Waals surface area contributed by atoms with Gasteiger partial charge in [-0.2, -0.15) is 0 Å². The third-order valence-corrected chi connectivity index (χ3v) is 3.40. The highest BCUT2D eigenvalue weighted by Gasteiger charge is 2.27. The predicted molar refractivity (Wildman–Crippen MR) is 83.3 cm³/mol. The highest BCUT2D eigenvalue weighted by molar-refractivity contribution is 6.30. The van der Waals surface area contributed by atoms with Gasteiger partial charge in [0.1, 0.15) is 11.5 Å². The summed E-state index contributed by atoms with van der Waals surface area (Å²) in [6.45, 7) is 0.126. The zero-order chi connectivity index (χ0) is 15.5. The molecule has 112 valence electrons. The summed E-state index contributed by atoms with van der Waals surface area (Å²) in [6, 6.07) is 12.3. The topological polar surface area (TPSA) is 44.8 Å². The van der Waals surface area contributed by atoms with Gasteiger partial charge in [-0.25, -0.2) is 0 Å². The predicted octanol–water partition coefficient (Wildman–Crippen LogP) is 3.94. The molecule has 0 saturated carbocycles. The molecule has 0 amide bonds. The van der Waals surface area contributed by atoms with E-state index in [1.54, 1.807) is 36.4 Å². The van der Waals surface area contributed by atoms with Crippen LogP contribution in [0.15, 0.2) is 48.2 Å². The van der Waals surface area contributed by atoms with Gasteiger partial charge in [-0.1, -0.05) is 23.7 Å². The molecule has 1 aliphatic heterocycles. The van der Waals surface area contributed by atoms with Gasteiger partial charge in [0.15, 0.2) is 12.6 Å². The molecule has 0 atom stereocenters. The first-order valence-electron chi connectivity index (χ1n) is 6.63. The van der Waals surface area contributed by atoms with Crippen LogP contribution in [-0.2, 0) is 4.74 Å². The fourth-order valence-corrected chi connectivity index (χ4v) is 2.22. The molecule has 2 aromatic rings. The van der Waals surface area contributed by atoms with Crippen LogP contribution in [0.25, 0.3) is 6.08 Å². The highest BCUT2D eigenvalue weighted by Crippen LogP contribution is 2.34. The van der Waals surface area contributed by atoms with Gasteiger partial charge in [0, 0.05) is 12.1 Å². The van der Waals surface area contributed by atoms with Crippen molar-refractivity contribution in [2.45, 2.75) is 0 Å². The molecule has 0 saturated heterocycles. The van der Waals surface area contributed by atoms with E-state index in [2.05, 4.69) is 0 Å². The molecule has 0 radical (unpaired) electrons. The summed E-state index contributed by atoms with van der Waals surface area (Å²) in [5.74, 6) is 1.19. The second-order valence-electron chi connectivity index (χ2n) is 4.70. The van der Waals surface area contributed by atoms with Crippen molar-refractivity contribution in [2.24, 2.45) is 0 Å². The first-order chi connectivity index (χ1) is 10.7. The van der Waals surface area contributed by atoms with E-state index in [-0.39, 0.29) is 18.3 Å². The highest BCUT2D eigenvalue weighted by atomic mass is 35.5. The van der Waals surface area contributed by atoms with Crippen molar-refractivity contribution in [3.05, 3.63) is 64.4 Å². The Hall–Kier alpha value is -2.30. The Balaban J connectivity index is 1.86. The number of hydrogen-bond acceptors (Lipinski definition) is 4. The molecule has 0 spiro atoms. The van der Waals surface area contributed by atoms with Gasteiger partial charge in [0.05, 0.1) is 5.56 Å². The largest absolute Gasteiger partial charge is 0.468 e. The van der Waals surface area contributed by atoms with Crippen molar-refractivity contribution >= 4 is 23.5 Å². The van der Waals surface area contributed by atoms with Crippen molar-refractivity contribution in [1.29, 1.82) is 0 Å². The standard InChI is InChI=1S/C17H13ClO4/c1-20-10-21-13-6-7-15-14(9-13)17(19)16(22-15)8-11-2-4-12(18)5-3-11/h2-9H,10H2,1H3/b16-8-. The lowest BCUT2D eigenvalue weighted by Crippen LogP contribution is -2.00. The Labute approximate surface area is 132 Å². The van der Waals surface area contributed by atoms with Crippen molar-refractivity contribution in [2.75, 3.05) is 13.9 Å². The first kappa shape index (κ1) is 14.6. The number of ketones is 1. The summed E-state index contributed by atoms with van der Waals surface area (Å²) in [7, 11) is 1.54. The van der Waals surface area contributed by atoms with E-state index in [1.165, 1.54) is 7.11 Å². The molecule has 0 bridgehead atoms. The van der Waals surface area contributed by atoms with Crippen LogP contribution in [0.2, 0.25) is 5.02 Å². The van der Waals surface area contributed by atoms with Crippen LogP contribution in [0.1, 0.15) is 15.9 Å². The first-order valence-corrected chi connectivity index (χ1v) is 7.01.